The first-order valence-corrected chi connectivity index (χ1v) is 5.57. The summed E-state index contributed by atoms with van der Waals surface area (Å²) in [6, 6.07) is 0. The second-order valence-corrected chi connectivity index (χ2v) is 3.72. The number of amides is 1. The zero-order valence-corrected chi connectivity index (χ0v) is 10.3. The SMILES string of the molecule is CCNC(=O)CCn1c(=O)[nH]cc(C(C)=O)c1=O. The minimum Gasteiger partial charge on any atom is -0.356 e. The third-order valence-electron chi connectivity index (χ3n) is 2.38. The van der Waals surface area contributed by atoms with E-state index in [-0.39, 0.29) is 24.4 Å². The Kier molecular flexibility index (Phi) is 4.59. The van der Waals surface area contributed by atoms with E-state index < -0.39 is 17.0 Å². The van der Waals surface area contributed by atoms with E-state index in [1.807, 2.05) is 0 Å². The zero-order chi connectivity index (χ0) is 13.7. The number of aromatic amines is 1. The van der Waals surface area contributed by atoms with Crippen molar-refractivity contribution in [1.29, 1.82) is 0 Å². The largest absolute Gasteiger partial charge is 0.356 e. The van der Waals surface area contributed by atoms with Gasteiger partial charge in [-0.2, -0.15) is 0 Å². The number of nitrogens with one attached hydrogen (secondary N) is 2. The molecule has 0 radical (unpaired) electrons. The highest BCUT2D eigenvalue weighted by molar-refractivity contribution is 5.93. The highest BCUT2D eigenvalue weighted by atomic mass is 16.2. The molecular weight excluding hydrogens is 238 g/mol. The monoisotopic (exact) mass is 253 g/mol. The molecule has 0 aliphatic carbocycles. The number of carbonyl (C=O) groups excluding carboxylic acids is 2. The number of Topliss-reactive ketones (excluding diaryl/α,β-unsaturated/α-hetero) is 1. The zero-order valence-electron chi connectivity index (χ0n) is 10.3. The van der Waals surface area contributed by atoms with Crippen molar-refractivity contribution in [3.63, 3.8) is 0 Å². The van der Waals surface area contributed by atoms with Gasteiger partial charge in [0.2, 0.25) is 5.91 Å². The van der Waals surface area contributed by atoms with Crippen LogP contribution in [0.1, 0.15) is 30.6 Å². The van der Waals surface area contributed by atoms with Gasteiger partial charge in [-0.05, 0) is 13.8 Å². The molecule has 1 heterocycles. The van der Waals surface area contributed by atoms with E-state index in [2.05, 4.69) is 10.3 Å². The Morgan fingerprint density at radius 3 is 2.61 bits per heavy atom. The fourth-order valence-electron chi connectivity index (χ4n) is 1.47. The van der Waals surface area contributed by atoms with Crippen LogP contribution in [0, 0.1) is 0 Å². The van der Waals surface area contributed by atoms with Crippen LogP contribution in [0.15, 0.2) is 15.8 Å². The first-order valence-electron chi connectivity index (χ1n) is 5.57. The summed E-state index contributed by atoms with van der Waals surface area (Å²) < 4.78 is 0.853. The molecule has 0 unspecified atom stereocenters. The van der Waals surface area contributed by atoms with Crippen molar-refractivity contribution in [1.82, 2.24) is 14.9 Å². The van der Waals surface area contributed by atoms with Gasteiger partial charge in [-0.1, -0.05) is 0 Å². The molecule has 0 aliphatic rings. The van der Waals surface area contributed by atoms with Crippen molar-refractivity contribution in [3.05, 3.63) is 32.6 Å². The highest BCUT2D eigenvalue weighted by Crippen LogP contribution is 1.89. The molecule has 1 amide bonds. The van der Waals surface area contributed by atoms with Gasteiger partial charge < -0.3 is 10.3 Å². The Hall–Kier alpha value is -2.18. The van der Waals surface area contributed by atoms with Gasteiger partial charge in [0.05, 0.1) is 5.56 Å². The van der Waals surface area contributed by atoms with Crippen LogP contribution < -0.4 is 16.6 Å². The number of rotatable bonds is 5. The van der Waals surface area contributed by atoms with Gasteiger partial charge in [0.1, 0.15) is 0 Å². The van der Waals surface area contributed by atoms with Crippen molar-refractivity contribution < 1.29 is 9.59 Å². The van der Waals surface area contributed by atoms with Crippen molar-refractivity contribution >= 4 is 11.7 Å². The van der Waals surface area contributed by atoms with Crippen LogP contribution in [0.25, 0.3) is 0 Å². The number of ketones is 1. The van der Waals surface area contributed by atoms with E-state index in [1.54, 1.807) is 6.92 Å². The normalized spacial score (nSPS) is 10.1. The van der Waals surface area contributed by atoms with Crippen LogP contribution in [0.4, 0.5) is 0 Å². The molecule has 2 N–H and O–H groups in total. The summed E-state index contributed by atoms with van der Waals surface area (Å²) >= 11 is 0. The van der Waals surface area contributed by atoms with Crippen LogP contribution >= 0.6 is 0 Å². The van der Waals surface area contributed by atoms with Gasteiger partial charge in [-0.25, -0.2) is 4.79 Å². The Morgan fingerprint density at radius 2 is 2.06 bits per heavy atom. The molecule has 7 nitrogen and oxygen atoms in total. The molecule has 1 aromatic heterocycles. The van der Waals surface area contributed by atoms with Crippen LogP contribution in [0.2, 0.25) is 0 Å². The van der Waals surface area contributed by atoms with Gasteiger partial charge in [0.25, 0.3) is 5.56 Å². The van der Waals surface area contributed by atoms with E-state index >= 15 is 0 Å². The van der Waals surface area contributed by atoms with E-state index in [0.717, 1.165) is 10.8 Å². The van der Waals surface area contributed by atoms with Crippen LogP contribution in [0.3, 0.4) is 0 Å². The predicted octanol–water partition coefficient (Wildman–Crippen LogP) is -0.735. The Bertz CT molecular complexity index is 570. The minimum absolute atomic E-state index is 0.0121. The van der Waals surface area contributed by atoms with E-state index in [0.29, 0.717) is 6.54 Å². The number of hydrogen-bond donors (Lipinski definition) is 2. The summed E-state index contributed by atoms with van der Waals surface area (Å²) in [6.45, 7) is 3.44. The summed E-state index contributed by atoms with van der Waals surface area (Å²) in [7, 11) is 0. The lowest BCUT2D eigenvalue weighted by atomic mass is 10.2. The van der Waals surface area contributed by atoms with Gasteiger partial charge in [-0.15, -0.1) is 0 Å². The molecule has 0 atom stereocenters. The number of aromatic nitrogens is 2. The maximum Gasteiger partial charge on any atom is 0.328 e. The van der Waals surface area contributed by atoms with Crippen LogP contribution in [-0.4, -0.2) is 27.8 Å². The van der Waals surface area contributed by atoms with Gasteiger partial charge in [-0.3, -0.25) is 19.0 Å². The molecule has 1 rings (SSSR count). The second-order valence-electron chi connectivity index (χ2n) is 3.72. The number of nitrogens with zero attached hydrogens (tertiary/aromatic N) is 1. The van der Waals surface area contributed by atoms with Crippen molar-refractivity contribution in [2.45, 2.75) is 26.8 Å². The van der Waals surface area contributed by atoms with Crippen LogP contribution in [0.5, 0.6) is 0 Å². The van der Waals surface area contributed by atoms with Crippen molar-refractivity contribution in [2.75, 3.05) is 6.54 Å². The Morgan fingerprint density at radius 1 is 1.39 bits per heavy atom. The molecule has 0 fully saturated rings. The first kappa shape index (κ1) is 13.9. The molecule has 18 heavy (non-hydrogen) atoms. The molecule has 0 bridgehead atoms. The quantitative estimate of drug-likeness (QED) is 0.675. The number of H-pyrrole nitrogens is 1. The molecule has 98 valence electrons. The summed E-state index contributed by atoms with van der Waals surface area (Å²) in [5, 5.41) is 2.56. The molecule has 0 saturated heterocycles. The molecular formula is C11H15N3O4. The summed E-state index contributed by atoms with van der Waals surface area (Å²) in [6.07, 6.45) is 1.10. The molecule has 0 saturated carbocycles. The second kappa shape index (κ2) is 5.95. The first-order chi connectivity index (χ1) is 8.47. The summed E-state index contributed by atoms with van der Waals surface area (Å²) in [5.74, 6) is -0.681. The molecule has 0 spiro atoms. The highest BCUT2D eigenvalue weighted by Gasteiger charge is 2.11. The topological polar surface area (TPSA) is 101 Å². The Balaban J connectivity index is 2.99. The fraction of sp³-hybridized carbons (Fsp3) is 0.455. The van der Waals surface area contributed by atoms with Gasteiger partial charge >= 0.3 is 5.69 Å². The third kappa shape index (κ3) is 3.16. The van der Waals surface area contributed by atoms with E-state index in [4.69, 9.17) is 0 Å². The standard InChI is InChI=1S/C11H15N3O4/c1-3-12-9(16)4-5-14-10(17)8(7(2)15)6-13-11(14)18/h6H,3-5H2,1-2H3,(H,12,16)(H,13,18). The lowest BCUT2D eigenvalue weighted by Crippen LogP contribution is -2.39. The summed E-state index contributed by atoms with van der Waals surface area (Å²) in [4.78, 5) is 48.0. The van der Waals surface area contributed by atoms with Crippen LogP contribution in [-0.2, 0) is 11.3 Å². The maximum absolute atomic E-state index is 11.8. The lowest BCUT2D eigenvalue weighted by Gasteiger charge is -2.05. The van der Waals surface area contributed by atoms with Gasteiger partial charge in [0.15, 0.2) is 5.78 Å². The predicted molar refractivity (Wildman–Crippen MR) is 64.6 cm³/mol. The Labute approximate surface area is 103 Å². The number of carbonyl (C=O) groups is 2. The summed E-state index contributed by atoms with van der Waals surface area (Å²) in [5.41, 5.74) is -1.39. The maximum atomic E-state index is 11.8. The van der Waals surface area contributed by atoms with Crippen molar-refractivity contribution in [2.24, 2.45) is 0 Å². The molecule has 0 aliphatic heterocycles. The van der Waals surface area contributed by atoms with Gasteiger partial charge in [0, 0.05) is 25.7 Å². The average Bonchev–Trinajstić information content (AvgIpc) is 2.28. The average molecular weight is 253 g/mol. The molecule has 1 aromatic rings. The number of hydrogen-bond acceptors (Lipinski definition) is 4. The smallest absolute Gasteiger partial charge is 0.328 e. The third-order valence-corrected chi connectivity index (χ3v) is 2.38. The lowest BCUT2D eigenvalue weighted by molar-refractivity contribution is -0.121. The van der Waals surface area contributed by atoms with E-state index in [1.165, 1.54) is 6.92 Å². The minimum atomic E-state index is -0.671. The molecule has 7 heteroatoms. The van der Waals surface area contributed by atoms with E-state index in [9.17, 15) is 19.2 Å². The fourth-order valence-corrected chi connectivity index (χ4v) is 1.47. The van der Waals surface area contributed by atoms with Crippen molar-refractivity contribution in [3.8, 4) is 0 Å². The molecule has 0 aromatic carbocycles.